The van der Waals surface area contributed by atoms with Crippen LogP contribution in [0.25, 0.3) is 21.9 Å². The summed E-state index contributed by atoms with van der Waals surface area (Å²) in [5.41, 5.74) is 2.00. The molecule has 0 radical (unpaired) electrons. The molecule has 0 bridgehead atoms. The number of nitrogens with zero attached hydrogens (tertiary/aromatic N) is 1. The number of ether oxygens (including phenoxy) is 1. The summed E-state index contributed by atoms with van der Waals surface area (Å²) in [4.78, 5) is 16.4. The standard InChI is InChI=1S/C20H15BrN2O3/c1-11-19(20(24)22-2)15-6-4-13(10-18(15)25-11)26-17-7-8-23-16-9-12(21)3-5-14(16)17/h3-10H,1-2H3,(H,22,24). The van der Waals surface area contributed by atoms with Crippen molar-refractivity contribution in [2.75, 3.05) is 7.05 Å². The van der Waals surface area contributed by atoms with Crippen LogP contribution in [0.3, 0.4) is 0 Å². The number of aryl methyl sites for hydroxylation is 1. The zero-order valence-corrected chi connectivity index (χ0v) is 15.8. The molecular formula is C20H15BrN2O3. The molecule has 2 aromatic carbocycles. The zero-order chi connectivity index (χ0) is 18.3. The zero-order valence-electron chi connectivity index (χ0n) is 14.2. The number of pyridine rings is 1. The number of furan rings is 1. The average Bonchev–Trinajstić information content (AvgIpc) is 2.96. The van der Waals surface area contributed by atoms with E-state index < -0.39 is 0 Å². The Morgan fingerprint density at radius 3 is 2.77 bits per heavy atom. The van der Waals surface area contributed by atoms with Crippen LogP contribution >= 0.6 is 15.9 Å². The number of aromatic nitrogens is 1. The van der Waals surface area contributed by atoms with Gasteiger partial charge in [0.1, 0.15) is 22.8 Å². The molecule has 6 heteroatoms. The van der Waals surface area contributed by atoms with Gasteiger partial charge in [-0.3, -0.25) is 9.78 Å². The van der Waals surface area contributed by atoms with Crippen LogP contribution in [0.15, 0.2) is 57.6 Å². The molecule has 0 aliphatic rings. The van der Waals surface area contributed by atoms with E-state index in [0.717, 1.165) is 20.8 Å². The van der Waals surface area contributed by atoms with Crippen LogP contribution < -0.4 is 10.1 Å². The average molecular weight is 411 g/mol. The number of fused-ring (bicyclic) bond motifs is 2. The Hall–Kier alpha value is -2.86. The summed E-state index contributed by atoms with van der Waals surface area (Å²) in [7, 11) is 1.60. The molecule has 0 spiro atoms. The first-order valence-electron chi connectivity index (χ1n) is 8.04. The van der Waals surface area contributed by atoms with Gasteiger partial charge in [0.05, 0.1) is 11.1 Å². The fourth-order valence-corrected chi connectivity index (χ4v) is 3.33. The van der Waals surface area contributed by atoms with Gasteiger partial charge in [0.25, 0.3) is 5.91 Å². The molecule has 1 N–H and O–H groups in total. The molecule has 4 rings (SSSR count). The Morgan fingerprint density at radius 1 is 1.15 bits per heavy atom. The quantitative estimate of drug-likeness (QED) is 0.503. The molecule has 26 heavy (non-hydrogen) atoms. The van der Waals surface area contributed by atoms with E-state index in [1.807, 2.05) is 36.4 Å². The molecule has 0 fully saturated rings. The fraction of sp³-hybridized carbons (Fsp3) is 0.100. The summed E-state index contributed by atoms with van der Waals surface area (Å²) in [5.74, 6) is 1.75. The highest BCUT2D eigenvalue weighted by atomic mass is 79.9. The molecule has 0 unspecified atom stereocenters. The summed E-state index contributed by atoms with van der Waals surface area (Å²) in [6, 6.07) is 13.1. The second-order valence-electron chi connectivity index (χ2n) is 5.84. The molecule has 1 amide bonds. The van der Waals surface area contributed by atoms with Gasteiger partial charge >= 0.3 is 0 Å². The lowest BCUT2D eigenvalue weighted by Gasteiger charge is -2.09. The smallest absolute Gasteiger partial charge is 0.255 e. The van der Waals surface area contributed by atoms with E-state index in [1.165, 1.54) is 0 Å². The molecule has 2 aromatic heterocycles. The number of halogens is 1. The van der Waals surface area contributed by atoms with Gasteiger partial charge in [-0.15, -0.1) is 0 Å². The Bertz CT molecular complexity index is 1150. The number of hydrogen-bond acceptors (Lipinski definition) is 4. The van der Waals surface area contributed by atoms with Crippen LogP contribution in [-0.2, 0) is 0 Å². The molecule has 0 atom stereocenters. The minimum Gasteiger partial charge on any atom is -0.460 e. The molecule has 2 heterocycles. The van der Waals surface area contributed by atoms with E-state index >= 15 is 0 Å². The lowest BCUT2D eigenvalue weighted by molar-refractivity contribution is 0.0963. The van der Waals surface area contributed by atoms with Crippen molar-refractivity contribution in [3.8, 4) is 11.5 Å². The number of benzene rings is 2. The van der Waals surface area contributed by atoms with E-state index in [-0.39, 0.29) is 5.91 Å². The summed E-state index contributed by atoms with van der Waals surface area (Å²) < 4.78 is 12.8. The minimum absolute atomic E-state index is 0.166. The van der Waals surface area contributed by atoms with Crippen LogP contribution in [0.2, 0.25) is 0 Å². The monoisotopic (exact) mass is 410 g/mol. The third-order valence-electron chi connectivity index (χ3n) is 4.18. The third kappa shape index (κ3) is 2.82. The molecule has 0 aliphatic heterocycles. The van der Waals surface area contributed by atoms with Crippen LogP contribution in [0.4, 0.5) is 0 Å². The Labute approximate surface area is 158 Å². The van der Waals surface area contributed by atoms with Gasteiger partial charge in [-0.05, 0) is 43.3 Å². The van der Waals surface area contributed by atoms with E-state index in [2.05, 4.69) is 26.2 Å². The lowest BCUT2D eigenvalue weighted by atomic mass is 10.1. The summed E-state index contributed by atoms with van der Waals surface area (Å²) in [6.45, 7) is 1.78. The Kier molecular flexibility index (Phi) is 4.12. The summed E-state index contributed by atoms with van der Waals surface area (Å²) >= 11 is 3.45. The van der Waals surface area contributed by atoms with Crippen LogP contribution in [0.5, 0.6) is 11.5 Å². The van der Waals surface area contributed by atoms with E-state index in [1.54, 1.807) is 26.2 Å². The highest BCUT2D eigenvalue weighted by Crippen LogP contribution is 2.33. The number of amides is 1. The number of rotatable bonds is 3. The lowest BCUT2D eigenvalue weighted by Crippen LogP contribution is -2.18. The van der Waals surface area contributed by atoms with Gasteiger partial charge in [0.2, 0.25) is 0 Å². The molecule has 130 valence electrons. The first kappa shape index (κ1) is 16.6. The van der Waals surface area contributed by atoms with Crippen molar-refractivity contribution < 1.29 is 13.9 Å². The molecule has 5 nitrogen and oxygen atoms in total. The van der Waals surface area contributed by atoms with E-state index in [9.17, 15) is 4.79 Å². The van der Waals surface area contributed by atoms with Crippen LogP contribution in [0, 0.1) is 6.92 Å². The maximum atomic E-state index is 12.0. The first-order chi connectivity index (χ1) is 12.6. The van der Waals surface area contributed by atoms with Crippen LogP contribution in [-0.4, -0.2) is 17.9 Å². The molecular weight excluding hydrogens is 396 g/mol. The number of carbonyl (C=O) groups excluding carboxylic acids is 1. The summed E-state index contributed by atoms with van der Waals surface area (Å²) in [6.07, 6.45) is 1.71. The van der Waals surface area contributed by atoms with Gasteiger partial charge in [-0.1, -0.05) is 15.9 Å². The Balaban J connectivity index is 1.76. The summed E-state index contributed by atoms with van der Waals surface area (Å²) in [5, 5.41) is 4.31. The normalized spacial score (nSPS) is 11.0. The van der Waals surface area contributed by atoms with Crippen molar-refractivity contribution in [1.82, 2.24) is 10.3 Å². The van der Waals surface area contributed by atoms with Crippen molar-refractivity contribution in [3.05, 3.63) is 64.5 Å². The fourth-order valence-electron chi connectivity index (χ4n) is 2.98. The third-order valence-corrected chi connectivity index (χ3v) is 4.68. The van der Waals surface area contributed by atoms with Crippen molar-refractivity contribution in [3.63, 3.8) is 0 Å². The maximum Gasteiger partial charge on any atom is 0.255 e. The van der Waals surface area contributed by atoms with Gasteiger partial charge < -0.3 is 14.5 Å². The Morgan fingerprint density at radius 2 is 1.96 bits per heavy atom. The van der Waals surface area contributed by atoms with Crippen LogP contribution in [0.1, 0.15) is 16.1 Å². The molecule has 4 aromatic rings. The van der Waals surface area contributed by atoms with Gasteiger partial charge in [-0.25, -0.2) is 0 Å². The van der Waals surface area contributed by atoms with Crippen molar-refractivity contribution in [2.24, 2.45) is 0 Å². The SMILES string of the molecule is CNC(=O)c1c(C)oc2cc(Oc3ccnc4cc(Br)ccc34)ccc12. The highest BCUT2D eigenvalue weighted by molar-refractivity contribution is 9.10. The van der Waals surface area contributed by atoms with Gasteiger partial charge in [0.15, 0.2) is 0 Å². The minimum atomic E-state index is -0.166. The second-order valence-corrected chi connectivity index (χ2v) is 6.76. The highest BCUT2D eigenvalue weighted by Gasteiger charge is 2.17. The predicted molar refractivity (Wildman–Crippen MR) is 104 cm³/mol. The first-order valence-corrected chi connectivity index (χ1v) is 8.83. The van der Waals surface area contributed by atoms with E-state index in [0.29, 0.717) is 28.4 Å². The topological polar surface area (TPSA) is 64.4 Å². The largest absolute Gasteiger partial charge is 0.460 e. The van der Waals surface area contributed by atoms with Gasteiger partial charge in [-0.2, -0.15) is 0 Å². The molecule has 0 saturated heterocycles. The van der Waals surface area contributed by atoms with Gasteiger partial charge in [0, 0.05) is 34.6 Å². The van der Waals surface area contributed by atoms with E-state index in [4.69, 9.17) is 9.15 Å². The number of nitrogens with one attached hydrogen (secondary N) is 1. The van der Waals surface area contributed by atoms with Crippen molar-refractivity contribution in [2.45, 2.75) is 6.92 Å². The molecule has 0 saturated carbocycles. The molecule has 0 aliphatic carbocycles. The maximum absolute atomic E-state index is 12.0. The second kappa shape index (κ2) is 6.46. The van der Waals surface area contributed by atoms with Crippen molar-refractivity contribution >= 4 is 43.7 Å². The number of carbonyl (C=O) groups is 1. The van der Waals surface area contributed by atoms with Crippen molar-refractivity contribution in [1.29, 1.82) is 0 Å². The number of hydrogen-bond donors (Lipinski definition) is 1. The predicted octanol–water partition coefficient (Wildman–Crippen LogP) is 5.20.